The van der Waals surface area contributed by atoms with Crippen molar-refractivity contribution < 1.29 is 31.5 Å². The van der Waals surface area contributed by atoms with Gasteiger partial charge in [-0.05, 0) is 43.9 Å². The standard InChI is InChI=1S/C25H36O7S/c1-22-7-5-21-19(20(22)6-8-25(22)30-15-16-31-25)4-3-18-17-24(28-13-14-29-24)10-9-23(18,21)11-12-32-33(2,26)27/h3,5,19-20H,4,6-17H2,1-2H3/t19-,20-,22-,23+/m0/s1. The van der Waals surface area contributed by atoms with Gasteiger partial charge in [-0.15, -0.1) is 0 Å². The third-order valence-electron chi connectivity index (χ3n) is 9.68. The van der Waals surface area contributed by atoms with E-state index in [2.05, 4.69) is 19.1 Å². The Morgan fingerprint density at radius 1 is 1.03 bits per heavy atom. The van der Waals surface area contributed by atoms with Crippen molar-refractivity contribution >= 4 is 10.1 Å². The topological polar surface area (TPSA) is 80.3 Å². The zero-order valence-electron chi connectivity index (χ0n) is 19.8. The van der Waals surface area contributed by atoms with Crippen molar-refractivity contribution in [2.24, 2.45) is 22.7 Å². The van der Waals surface area contributed by atoms with Crippen molar-refractivity contribution in [3.05, 3.63) is 23.3 Å². The molecule has 33 heavy (non-hydrogen) atoms. The van der Waals surface area contributed by atoms with Gasteiger partial charge in [-0.1, -0.05) is 30.2 Å². The summed E-state index contributed by atoms with van der Waals surface area (Å²) in [5, 5.41) is 0. The maximum absolute atomic E-state index is 11.7. The molecule has 0 N–H and O–H groups in total. The fraction of sp³-hybridized carbons (Fsp3) is 0.840. The highest BCUT2D eigenvalue weighted by Gasteiger charge is 2.65. The molecule has 0 aromatic carbocycles. The van der Waals surface area contributed by atoms with E-state index in [0.29, 0.717) is 44.7 Å². The summed E-state index contributed by atoms with van der Waals surface area (Å²) in [4.78, 5) is 0. The van der Waals surface area contributed by atoms with Crippen LogP contribution in [-0.2, 0) is 33.2 Å². The molecule has 4 fully saturated rings. The van der Waals surface area contributed by atoms with Gasteiger partial charge in [0.1, 0.15) is 0 Å². The molecule has 4 atom stereocenters. The second-order valence-electron chi connectivity index (χ2n) is 11.1. The Kier molecular flexibility index (Phi) is 5.23. The van der Waals surface area contributed by atoms with Crippen LogP contribution in [0.4, 0.5) is 0 Å². The van der Waals surface area contributed by atoms with E-state index in [0.717, 1.165) is 51.2 Å². The smallest absolute Gasteiger partial charge is 0.264 e. The Morgan fingerprint density at radius 2 is 1.76 bits per heavy atom. The molecule has 0 unspecified atom stereocenters. The molecule has 6 aliphatic rings. The Bertz CT molecular complexity index is 973. The molecule has 184 valence electrons. The zero-order valence-corrected chi connectivity index (χ0v) is 20.6. The molecular weight excluding hydrogens is 444 g/mol. The maximum Gasteiger partial charge on any atom is 0.264 e. The van der Waals surface area contributed by atoms with Gasteiger partial charge in [0.15, 0.2) is 11.6 Å². The van der Waals surface area contributed by atoms with Crippen LogP contribution in [0.5, 0.6) is 0 Å². The molecule has 2 saturated carbocycles. The SMILES string of the molecule is C[C@]12CC=C3[C@@H](CC=C4CC5(CC[C@@]43CCOS(C)(=O)=O)OCCO5)[C@@H]1CCC21OCCO1. The van der Waals surface area contributed by atoms with Crippen LogP contribution in [0.3, 0.4) is 0 Å². The molecule has 0 bridgehead atoms. The highest BCUT2D eigenvalue weighted by molar-refractivity contribution is 7.85. The molecule has 6 rings (SSSR count). The fourth-order valence-corrected chi connectivity index (χ4v) is 8.55. The van der Waals surface area contributed by atoms with Crippen LogP contribution in [-0.4, -0.2) is 59.3 Å². The number of ether oxygens (including phenoxy) is 4. The summed E-state index contributed by atoms with van der Waals surface area (Å²) in [6.45, 7) is 5.21. The Balaban J connectivity index is 1.36. The van der Waals surface area contributed by atoms with Crippen LogP contribution in [0.2, 0.25) is 0 Å². The monoisotopic (exact) mass is 480 g/mol. The summed E-state index contributed by atoms with van der Waals surface area (Å²) in [6.07, 6.45) is 13.2. The largest absolute Gasteiger partial charge is 0.347 e. The molecule has 2 spiro atoms. The zero-order chi connectivity index (χ0) is 23.0. The van der Waals surface area contributed by atoms with Crippen molar-refractivity contribution in [1.82, 2.24) is 0 Å². The van der Waals surface area contributed by atoms with Gasteiger partial charge in [-0.2, -0.15) is 8.42 Å². The average Bonchev–Trinajstić information content (AvgIpc) is 3.49. The van der Waals surface area contributed by atoms with Gasteiger partial charge in [0.05, 0.1) is 39.3 Å². The summed E-state index contributed by atoms with van der Waals surface area (Å²) in [6, 6.07) is 0. The van der Waals surface area contributed by atoms with Gasteiger partial charge < -0.3 is 18.9 Å². The first-order valence-corrected chi connectivity index (χ1v) is 14.3. The number of fused-ring (bicyclic) bond motifs is 6. The van der Waals surface area contributed by atoms with Crippen molar-refractivity contribution in [2.75, 3.05) is 39.3 Å². The summed E-state index contributed by atoms with van der Waals surface area (Å²) in [5.41, 5.74) is 2.63. The van der Waals surface area contributed by atoms with E-state index in [1.807, 2.05) is 0 Å². The van der Waals surface area contributed by atoms with Crippen LogP contribution in [0.1, 0.15) is 58.3 Å². The minimum absolute atomic E-state index is 0.0268. The van der Waals surface area contributed by atoms with Crippen LogP contribution in [0.25, 0.3) is 0 Å². The predicted octanol–water partition coefficient (Wildman–Crippen LogP) is 3.70. The molecule has 7 nitrogen and oxygen atoms in total. The highest BCUT2D eigenvalue weighted by atomic mass is 32.2. The molecule has 8 heteroatoms. The maximum atomic E-state index is 11.7. The molecule has 0 aromatic heterocycles. The van der Waals surface area contributed by atoms with Crippen molar-refractivity contribution in [3.8, 4) is 0 Å². The van der Waals surface area contributed by atoms with Crippen LogP contribution < -0.4 is 0 Å². The highest BCUT2D eigenvalue weighted by Crippen LogP contribution is 2.68. The first kappa shape index (κ1) is 22.7. The molecule has 0 aromatic rings. The first-order chi connectivity index (χ1) is 15.7. The number of allylic oxidation sites excluding steroid dienone is 3. The lowest BCUT2D eigenvalue weighted by atomic mass is 9.50. The minimum atomic E-state index is -3.48. The summed E-state index contributed by atoms with van der Waals surface area (Å²) in [5.74, 6) is -0.0290. The lowest BCUT2D eigenvalue weighted by molar-refractivity contribution is -0.228. The lowest BCUT2D eigenvalue weighted by Crippen LogP contribution is -2.52. The summed E-state index contributed by atoms with van der Waals surface area (Å²) >= 11 is 0. The molecule has 4 aliphatic carbocycles. The summed E-state index contributed by atoms with van der Waals surface area (Å²) < 4.78 is 53.4. The van der Waals surface area contributed by atoms with Crippen LogP contribution >= 0.6 is 0 Å². The average molecular weight is 481 g/mol. The van der Waals surface area contributed by atoms with Crippen molar-refractivity contribution in [3.63, 3.8) is 0 Å². The van der Waals surface area contributed by atoms with Crippen LogP contribution in [0, 0.1) is 22.7 Å². The van der Waals surface area contributed by atoms with Gasteiger partial charge in [-0.25, -0.2) is 0 Å². The van der Waals surface area contributed by atoms with Crippen LogP contribution in [0.15, 0.2) is 23.3 Å². The number of rotatable bonds is 4. The van der Waals surface area contributed by atoms with E-state index < -0.39 is 21.7 Å². The van der Waals surface area contributed by atoms with E-state index >= 15 is 0 Å². The fourth-order valence-electron chi connectivity index (χ4n) is 8.16. The Labute approximate surface area is 196 Å². The molecular formula is C25H36O7S. The second-order valence-corrected chi connectivity index (χ2v) is 12.7. The third-order valence-corrected chi connectivity index (χ3v) is 10.3. The van der Waals surface area contributed by atoms with E-state index in [1.54, 1.807) is 0 Å². The molecule has 2 heterocycles. The lowest BCUT2D eigenvalue weighted by Gasteiger charge is -2.56. The Hall–Kier alpha value is -0.770. The minimum Gasteiger partial charge on any atom is -0.347 e. The van der Waals surface area contributed by atoms with E-state index in [9.17, 15) is 8.42 Å². The van der Waals surface area contributed by atoms with Crippen molar-refractivity contribution in [1.29, 1.82) is 0 Å². The first-order valence-electron chi connectivity index (χ1n) is 12.5. The van der Waals surface area contributed by atoms with E-state index in [-0.39, 0.29) is 17.4 Å². The van der Waals surface area contributed by atoms with Gasteiger partial charge in [0.2, 0.25) is 0 Å². The normalized spacial score (nSPS) is 40.9. The van der Waals surface area contributed by atoms with Gasteiger partial charge in [0, 0.05) is 30.1 Å². The molecule has 2 aliphatic heterocycles. The van der Waals surface area contributed by atoms with E-state index in [4.69, 9.17) is 23.1 Å². The van der Waals surface area contributed by atoms with Gasteiger partial charge in [-0.3, -0.25) is 4.18 Å². The number of hydrogen-bond donors (Lipinski definition) is 0. The number of hydrogen-bond acceptors (Lipinski definition) is 7. The van der Waals surface area contributed by atoms with Gasteiger partial charge in [0.25, 0.3) is 10.1 Å². The van der Waals surface area contributed by atoms with E-state index in [1.165, 1.54) is 11.1 Å². The summed E-state index contributed by atoms with van der Waals surface area (Å²) in [7, 11) is -3.48. The second kappa shape index (κ2) is 7.61. The molecule has 2 saturated heterocycles. The van der Waals surface area contributed by atoms with Crippen molar-refractivity contribution in [2.45, 2.75) is 69.9 Å². The Morgan fingerprint density at radius 3 is 2.48 bits per heavy atom. The van der Waals surface area contributed by atoms with Gasteiger partial charge >= 0.3 is 0 Å². The molecule has 0 radical (unpaired) electrons. The third kappa shape index (κ3) is 3.35. The quantitative estimate of drug-likeness (QED) is 0.448. The predicted molar refractivity (Wildman–Crippen MR) is 121 cm³/mol. The molecule has 0 amide bonds.